The minimum atomic E-state index is -1.82. The van der Waals surface area contributed by atoms with Crippen molar-refractivity contribution < 1.29 is 78.0 Å². The Hall–Kier alpha value is -6.08. The third-order valence-electron chi connectivity index (χ3n) is 10.5. The van der Waals surface area contributed by atoms with E-state index in [4.69, 9.17) is 5.73 Å². The summed E-state index contributed by atoms with van der Waals surface area (Å²) in [4.78, 5) is 155. The summed E-state index contributed by atoms with van der Waals surface area (Å²) in [6.07, 6.45) is -5.64. The predicted molar refractivity (Wildman–Crippen MR) is 241 cm³/mol. The van der Waals surface area contributed by atoms with Crippen LogP contribution in [-0.4, -0.2) is 158 Å². The van der Waals surface area contributed by atoms with Crippen LogP contribution in [0.15, 0.2) is 24.3 Å². The van der Waals surface area contributed by atoms with Gasteiger partial charge >= 0.3 is 17.9 Å². The number of nitrogens with two attached hydrogens (primary N) is 1. The first kappa shape index (κ1) is 57.0. The molecule has 8 atom stereocenters. The van der Waals surface area contributed by atoms with Crippen molar-refractivity contribution in [3.8, 4) is 0 Å². The molecule has 0 unspecified atom stereocenters. The summed E-state index contributed by atoms with van der Waals surface area (Å²) in [7, 11) is 1.12. The Balaban J connectivity index is 2.59. The van der Waals surface area contributed by atoms with E-state index in [0.29, 0.717) is 11.5 Å². The number of hydrogen-bond acceptors (Lipinski definition) is 15. The fourth-order valence-corrected chi connectivity index (χ4v) is 8.80. The number of rotatable bonds is 12. The first-order valence-electron chi connectivity index (χ1n) is 21.0. The van der Waals surface area contributed by atoms with Gasteiger partial charge in [0.15, 0.2) is 5.78 Å². The third-order valence-corrected chi connectivity index (χ3v) is 12.7. The molecule has 0 radical (unpaired) electrons. The summed E-state index contributed by atoms with van der Waals surface area (Å²) >= 11 is 2.48. The molecule has 0 spiro atoms. The van der Waals surface area contributed by atoms with Gasteiger partial charge in [0, 0.05) is 61.7 Å². The predicted octanol–water partition coefficient (Wildman–Crippen LogP) is -1.69. The second kappa shape index (κ2) is 28.2. The number of thioether (sulfide) groups is 2. The number of likely N-dealkylation sites (N-methyl/N-ethyl adjacent to an activating group) is 1. The van der Waals surface area contributed by atoms with Crippen LogP contribution in [0.25, 0.3) is 0 Å². The van der Waals surface area contributed by atoms with Gasteiger partial charge in [0.25, 0.3) is 0 Å². The Morgan fingerprint density at radius 1 is 0.731 bits per heavy atom. The molecule has 1 aliphatic heterocycles. The van der Waals surface area contributed by atoms with Gasteiger partial charge < -0.3 is 62.4 Å². The van der Waals surface area contributed by atoms with Gasteiger partial charge in [-0.25, -0.2) is 0 Å². The number of benzene rings is 1. The summed E-state index contributed by atoms with van der Waals surface area (Å²) in [6, 6.07) is -0.883. The number of carbonyl (C=O) groups excluding carboxylic acids is 9. The molecule has 0 fully saturated rings. The van der Waals surface area contributed by atoms with Crippen LogP contribution < -0.4 is 32.3 Å². The van der Waals surface area contributed by atoms with E-state index in [1.54, 1.807) is 12.1 Å². The lowest BCUT2D eigenvalue weighted by molar-refractivity contribution is -0.146. The van der Waals surface area contributed by atoms with E-state index < -0.39 is 152 Å². The van der Waals surface area contributed by atoms with E-state index in [0.717, 1.165) is 30.0 Å². The highest BCUT2D eigenvalue weighted by Gasteiger charge is 2.36. The lowest BCUT2D eigenvalue weighted by Gasteiger charge is -2.30. The van der Waals surface area contributed by atoms with Crippen LogP contribution >= 0.6 is 23.5 Å². The maximum Gasteiger partial charge on any atom is 0.305 e. The Labute approximate surface area is 394 Å². The van der Waals surface area contributed by atoms with Crippen molar-refractivity contribution in [1.82, 2.24) is 31.5 Å². The van der Waals surface area contributed by atoms with Gasteiger partial charge in [-0.1, -0.05) is 24.3 Å². The largest absolute Gasteiger partial charge is 0.481 e. The molecule has 1 aromatic carbocycles. The van der Waals surface area contributed by atoms with Crippen LogP contribution in [0.2, 0.25) is 0 Å². The first-order valence-corrected chi connectivity index (χ1v) is 23.3. The van der Waals surface area contributed by atoms with Gasteiger partial charge in [0.1, 0.15) is 36.0 Å². The Kier molecular flexibility index (Phi) is 24.0. The van der Waals surface area contributed by atoms with E-state index >= 15 is 0 Å². The SMILES string of the molecule is CC(=O)C[C@H]1CSCc2ccccc2CSC[C@@H](C(N)=O)NC(=O)[C@H](CCC(=O)O)CC(=O)CNC(=O)[C@H]([C@@H](C)O)NC(=O)[C@H](CCC(=O)O)NC(=O)[C@H](C)N(C)C(=O)[C@H](CC(=O)O)NC1=O. The van der Waals surface area contributed by atoms with Crippen molar-refractivity contribution in [1.29, 1.82) is 0 Å². The average molecular weight is 982 g/mol. The van der Waals surface area contributed by atoms with Crippen molar-refractivity contribution in [2.24, 2.45) is 17.6 Å². The van der Waals surface area contributed by atoms with Crippen LogP contribution in [0.5, 0.6) is 0 Å². The molecule has 23 nitrogen and oxygen atoms in total. The van der Waals surface area contributed by atoms with Crippen molar-refractivity contribution in [3.63, 3.8) is 0 Å². The van der Waals surface area contributed by atoms with Crippen LogP contribution in [-0.2, 0) is 69.0 Å². The van der Waals surface area contributed by atoms with Gasteiger partial charge in [0.05, 0.1) is 25.0 Å². The number of Topliss-reactive ketones (excluding diaryl/α,β-unsaturated/α-hetero) is 2. The molecule has 2 rings (SSSR count). The smallest absolute Gasteiger partial charge is 0.305 e. The zero-order valence-electron chi connectivity index (χ0n) is 37.4. The number of carboxylic acids is 3. The molecule has 0 saturated heterocycles. The number of nitrogens with zero attached hydrogens (tertiary/aromatic N) is 1. The maximum absolute atomic E-state index is 13.8. The summed E-state index contributed by atoms with van der Waals surface area (Å²) in [6.45, 7) is 2.76. The summed E-state index contributed by atoms with van der Waals surface area (Å²) in [5, 5.41) is 50.4. The summed E-state index contributed by atoms with van der Waals surface area (Å²) < 4.78 is 0. The molecule has 370 valence electrons. The molecular weight excluding hydrogens is 923 g/mol. The molecule has 7 amide bonds. The molecule has 67 heavy (non-hydrogen) atoms. The van der Waals surface area contributed by atoms with E-state index in [1.807, 2.05) is 12.1 Å². The Morgan fingerprint density at radius 2 is 1.28 bits per heavy atom. The number of primary amides is 1. The van der Waals surface area contributed by atoms with Crippen molar-refractivity contribution in [2.45, 2.75) is 114 Å². The second-order valence-corrected chi connectivity index (χ2v) is 18.0. The molecule has 0 bridgehead atoms. The minimum Gasteiger partial charge on any atom is -0.481 e. The van der Waals surface area contributed by atoms with Crippen LogP contribution in [0.3, 0.4) is 0 Å². The number of fused-ring (bicyclic) bond motifs is 1. The highest BCUT2D eigenvalue weighted by atomic mass is 32.2. The highest BCUT2D eigenvalue weighted by Crippen LogP contribution is 2.25. The number of nitrogens with one attached hydrogen (secondary N) is 5. The summed E-state index contributed by atoms with van der Waals surface area (Å²) in [5.41, 5.74) is 7.22. The van der Waals surface area contributed by atoms with Gasteiger partial charge in [-0.15, -0.1) is 0 Å². The number of hydrogen-bond donors (Lipinski definition) is 10. The van der Waals surface area contributed by atoms with Crippen LogP contribution in [0, 0.1) is 11.8 Å². The lowest BCUT2D eigenvalue weighted by Crippen LogP contribution is -2.60. The molecule has 1 heterocycles. The number of aliphatic carboxylic acids is 3. The molecule has 0 aromatic heterocycles. The molecule has 1 aliphatic rings. The minimum absolute atomic E-state index is 0.0359. The van der Waals surface area contributed by atoms with E-state index in [9.17, 15) is 78.0 Å². The lowest BCUT2D eigenvalue weighted by atomic mass is 9.95. The molecule has 25 heteroatoms. The zero-order chi connectivity index (χ0) is 50.5. The molecule has 1 aromatic rings. The van der Waals surface area contributed by atoms with Crippen molar-refractivity contribution >= 4 is 94.3 Å². The second-order valence-electron chi connectivity index (χ2n) is 16.0. The number of aliphatic hydroxyl groups is 1. The van der Waals surface area contributed by atoms with E-state index in [1.165, 1.54) is 37.4 Å². The van der Waals surface area contributed by atoms with Gasteiger partial charge in [-0.3, -0.25) is 52.7 Å². The quantitative estimate of drug-likeness (QED) is 0.112. The first-order chi connectivity index (χ1) is 31.4. The monoisotopic (exact) mass is 981 g/mol. The fraction of sp³-hybridized carbons (Fsp3) is 0.571. The van der Waals surface area contributed by atoms with Crippen molar-refractivity contribution in [2.75, 3.05) is 25.1 Å². The number of ketones is 2. The van der Waals surface area contributed by atoms with Crippen molar-refractivity contribution in [3.05, 3.63) is 35.4 Å². The normalized spacial score (nSPS) is 24.6. The molecule has 0 saturated carbocycles. The number of amides is 7. The zero-order valence-corrected chi connectivity index (χ0v) is 39.1. The van der Waals surface area contributed by atoms with E-state index in [-0.39, 0.29) is 30.1 Å². The topological polar surface area (TPSA) is 375 Å². The van der Waals surface area contributed by atoms with E-state index in [2.05, 4.69) is 26.6 Å². The number of aliphatic hydroxyl groups excluding tert-OH is 1. The number of carboxylic acid groups (broad SMARTS) is 3. The molecular formula is C42H59N7O16S2. The highest BCUT2D eigenvalue weighted by molar-refractivity contribution is 7.98. The standard InChI is InChI=1S/C42H59N7O16S2/c1-21(50)13-27-19-66-17-25-7-5-6-8-26(25)18-67-20-31(36(43)59)47-38(61)24(9-11-32(53)54)14-28(52)16-44-41(64)35(23(3)51)48-40(63)29(10-12-33(55)56)45-37(60)22(2)49(4)42(65)30(15-34(57)58)46-39(27)62/h5-8,22-24,27,29-31,35,51H,9-20H2,1-4H3,(H2,43,59)(H,44,64)(H,45,60)(H,46,62)(H,47,61)(H,48,63)(H,53,54)(H,55,56)(H,57,58)/t22-,23+,24+,27-,29-,30-,31-,35-/m0/s1. The van der Waals surface area contributed by atoms with Gasteiger partial charge in [0.2, 0.25) is 41.4 Å². The Bertz CT molecular complexity index is 2020. The maximum atomic E-state index is 13.8. The third kappa shape index (κ3) is 20.1. The summed E-state index contributed by atoms with van der Waals surface area (Å²) in [5.74, 6) is -14.1. The molecule has 0 aliphatic carbocycles. The average Bonchev–Trinajstić information content (AvgIpc) is 3.24. The van der Waals surface area contributed by atoms with Gasteiger partial charge in [-0.2, -0.15) is 23.5 Å². The fourth-order valence-electron chi connectivity index (χ4n) is 6.53. The van der Waals surface area contributed by atoms with Crippen LogP contribution in [0.1, 0.15) is 76.8 Å². The van der Waals surface area contributed by atoms with Gasteiger partial charge in [-0.05, 0) is 44.7 Å². The molecule has 11 N–H and O–H groups in total. The van der Waals surface area contributed by atoms with Crippen LogP contribution in [0.4, 0.5) is 0 Å². The Morgan fingerprint density at radius 3 is 1.82 bits per heavy atom. The number of carbonyl (C=O) groups is 12.